The molecule has 0 aliphatic carbocycles. The Morgan fingerprint density at radius 2 is 1.90 bits per heavy atom. The van der Waals surface area contributed by atoms with Gasteiger partial charge in [0, 0.05) is 16.9 Å². The standard InChI is InChI=1S/C15H17N3O3/c1-10-13(8-15(20)21)11(2)18(17-10)9-14(19)16-12-6-4-3-5-7-12/h3-7H,8-9H2,1-2H3,(H,16,19)(H,20,21). The zero-order valence-electron chi connectivity index (χ0n) is 12.0. The first-order chi connectivity index (χ1) is 9.97. The minimum absolute atomic E-state index is 0.0567. The second-order valence-corrected chi connectivity index (χ2v) is 4.79. The van der Waals surface area contributed by atoms with Gasteiger partial charge in [0.05, 0.1) is 12.1 Å². The van der Waals surface area contributed by atoms with Gasteiger partial charge in [-0.15, -0.1) is 0 Å². The monoisotopic (exact) mass is 287 g/mol. The molecule has 0 saturated heterocycles. The molecule has 0 spiro atoms. The van der Waals surface area contributed by atoms with Gasteiger partial charge in [-0.2, -0.15) is 5.10 Å². The van der Waals surface area contributed by atoms with Gasteiger partial charge in [-0.1, -0.05) is 18.2 Å². The summed E-state index contributed by atoms with van der Waals surface area (Å²) < 4.78 is 1.53. The summed E-state index contributed by atoms with van der Waals surface area (Å²) in [6.07, 6.45) is -0.0853. The molecule has 0 unspecified atom stereocenters. The topological polar surface area (TPSA) is 84.2 Å². The third-order valence-corrected chi connectivity index (χ3v) is 3.21. The van der Waals surface area contributed by atoms with Crippen LogP contribution in [0.15, 0.2) is 30.3 Å². The third kappa shape index (κ3) is 3.68. The van der Waals surface area contributed by atoms with Crippen LogP contribution in [-0.4, -0.2) is 26.8 Å². The summed E-state index contributed by atoms with van der Waals surface area (Å²) in [6.45, 7) is 3.58. The van der Waals surface area contributed by atoms with Crippen LogP contribution in [0.25, 0.3) is 0 Å². The van der Waals surface area contributed by atoms with E-state index in [0.29, 0.717) is 17.0 Å². The molecule has 0 aliphatic heterocycles. The van der Waals surface area contributed by atoms with E-state index in [0.717, 1.165) is 5.69 Å². The summed E-state index contributed by atoms with van der Waals surface area (Å²) >= 11 is 0. The lowest BCUT2D eigenvalue weighted by Crippen LogP contribution is -2.20. The number of anilines is 1. The summed E-state index contributed by atoms with van der Waals surface area (Å²) in [5.41, 5.74) is 2.73. The van der Waals surface area contributed by atoms with E-state index in [9.17, 15) is 9.59 Å². The van der Waals surface area contributed by atoms with Crippen molar-refractivity contribution in [2.45, 2.75) is 26.8 Å². The maximum Gasteiger partial charge on any atom is 0.307 e. The number of aryl methyl sites for hydroxylation is 1. The molecule has 2 aromatic rings. The Balaban J connectivity index is 2.09. The molecule has 0 atom stereocenters. The number of carbonyl (C=O) groups excluding carboxylic acids is 1. The molecule has 6 nitrogen and oxygen atoms in total. The number of carboxylic acid groups (broad SMARTS) is 1. The highest BCUT2D eigenvalue weighted by molar-refractivity contribution is 5.90. The van der Waals surface area contributed by atoms with E-state index >= 15 is 0 Å². The molecule has 110 valence electrons. The predicted molar refractivity (Wildman–Crippen MR) is 78.1 cm³/mol. The molecule has 1 heterocycles. The molecule has 2 rings (SSSR count). The Kier molecular flexibility index (Phi) is 4.37. The van der Waals surface area contributed by atoms with Gasteiger partial charge in [-0.25, -0.2) is 0 Å². The number of aromatic nitrogens is 2. The van der Waals surface area contributed by atoms with Crippen LogP contribution >= 0.6 is 0 Å². The maximum atomic E-state index is 12.0. The molecule has 0 saturated carbocycles. The first-order valence-corrected chi connectivity index (χ1v) is 6.57. The van der Waals surface area contributed by atoms with Crippen molar-refractivity contribution < 1.29 is 14.7 Å². The fraction of sp³-hybridized carbons (Fsp3) is 0.267. The lowest BCUT2D eigenvalue weighted by atomic mass is 10.1. The normalized spacial score (nSPS) is 10.4. The Hall–Kier alpha value is -2.63. The minimum atomic E-state index is -0.908. The Morgan fingerprint density at radius 1 is 1.24 bits per heavy atom. The maximum absolute atomic E-state index is 12.0. The van der Waals surface area contributed by atoms with Crippen molar-refractivity contribution in [3.8, 4) is 0 Å². The third-order valence-electron chi connectivity index (χ3n) is 3.21. The Morgan fingerprint density at radius 3 is 2.52 bits per heavy atom. The second kappa shape index (κ2) is 6.21. The van der Waals surface area contributed by atoms with Crippen LogP contribution in [0.3, 0.4) is 0 Å². The van der Waals surface area contributed by atoms with Crippen LogP contribution in [0.2, 0.25) is 0 Å². The summed E-state index contributed by atoms with van der Waals surface area (Å²) in [7, 11) is 0. The first-order valence-electron chi connectivity index (χ1n) is 6.57. The second-order valence-electron chi connectivity index (χ2n) is 4.79. The highest BCUT2D eigenvalue weighted by atomic mass is 16.4. The van der Waals surface area contributed by atoms with Crippen molar-refractivity contribution in [3.63, 3.8) is 0 Å². The van der Waals surface area contributed by atoms with E-state index in [4.69, 9.17) is 5.11 Å². The van der Waals surface area contributed by atoms with Gasteiger partial charge < -0.3 is 10.4 Å². The molecule has 0 radical (unpaired) electrons. The Labute approximate surface area is 122 Å². The van der Waals surface area contributed by atoms with E-state index in [1.807, 2.05) is 18.2 Å². The largest absolute Gasteiger partial charge is 0.481 e. The summed E-state index contributed by atoms with van der Waals surface area (Å²) in [6, 6.07) is 9.15. The number of para-hydroxylation sites is 1. The average Bonchev–Trinajstić information content (AvgIpc) is 2.67. The number of benzene rings is 1. The number of rotatable bonds is 5. The van der Waals surface area contributed by atoms with E-state index in [-0.39, 0.29) is 18.9 Å². The summed E-state index contributed by atoms with van der Waals surface area (Å²) in [4.78, 5) is 22.8. The van der Waals surface area contributed by atoms with Crippen molar-refractivity contribution in [1.29, 1.82) is 0 Å². The lowest BCUT2D eigenvalue weighted by molar-refractivity contribution is -0.136. The molecule has 1 aromatic heterocycles. The van der Waals surface area contributed by atoms with Crippen LogP contribution in [0.4, 0.5) is 5.69 Å². The fourth-order valence-corrected chi connectivity index (χ4v) is 2.15. The predicted octanol–water partition coefficient (Wildman–Crippen LogP) is 1.77. The van der Waals surface area contributed by atoms with Crippen LogP contribution in [0, 0.1) is 13.8 Å². The number of nitrogens with zero attached hydrogens (tertiary/aromatic N) is 2. The molecule has 0 bridgehead atoms. The van der Waals surface area contributed by atoms with E-state index < -0.39 is 5.97 Å². The fourth-order valence-electron chi connectivity index (χ4n) is 2.15. The molecule has 1 aromatic carbocycles. The first kappa shape index (κ1) is 14.8. The molecule has 0 fully saturated rings. The molecule has 0 aliphatic rings. The summed E-state index contributed by atoms with van der Waals surface area (Å²) in [5, 5.41) is 15.9. The number of amides is 1. The van der Waals surface area contributed by atoms with Crippen LogP contribution in [-0.2, 0) is 22.6 Å². The van der Waals surface area contributed by atoms with Gasteiger partial charge in [-0.3, -0.25) is 14.3 Å². The van der Waals surface area contributed by atoms with Gasteiger partial charge in [0.1, 0.15) is 6.54 Å². The highest BCUT2D eigenvalue weighted by Crippen LogP contribution is 2.14. The van der Waals surface area contributed by atoms with Crippen molar-refractivity contribution in [2.24, 2.45) is 0 Å². The SMILES string of the molecule is Cc1nn(CC(=O)Nc2ccccc2)c(C)c1CC(=O)O. The smallest absolute Gasteiger partial charge is 0.307 e. The van der Waals surface area contributed by atoms with Gasteiger partial charge in [0.25, 0.3) is 0 Å². The van der Waals surface area contributed by atoms with Crippen molar-refractivity contribution in [3.05, 3.63) is 47.3 Å². The number of carboxylic acids is 1. The zero-order chi connectivity index (χ0) is 15.4. The van der Waals surface area contributed by atoms with Crippen LogP contribution in [0.5, 0.6) is 0 Å². The van der Waals surface area contributed by atoms with E-state index in [2.05, 4.69) is 10.4 Å². The summed E-state index contributed by atoms with van der Waals surface area (Å²) in [5.74, 6) is -1.11. The van der Waals surface area contributed by atoms with E-state index in [1.54, 1.807) is 26.0 Å². The minimum Gasteiger partial charge on any atom is -0.481 e. The number of carbonyl (C=O) groups is 2. The molecular formula is C15H17N3O3. The van der Waals surface area contributed by atoms with Crippen molar-refractivity contribution in [2.75, 3.05) is 5.32 Å². The molecule has 6 heteroatoms. The van der Waals surface area contributed by atoms with Gasteiger partial charge in [-0.05, 0) is 26.0 Å². The highest BCUT2D eigenvalue weighted by Gasteiger charge is 2.16. The van der Waals surface area contributed by atoms with Crippen molar-refractivity contribution in [1.82, 2.24) is 9.78 Å². The molecule has 1 amide bonds. The molecule has 21 heavy (non-hydrogen) atoms. The van der Waals surface area contributed by atoms with Gasteiger partial charge in [0.2, 0.25) is 5.91 Å². The Bertz CT molecular complexity index is 662. The lowest BCUT2D eigenvalue weighted by Gasteiger charge is -2.07. The number of aliphatic carboxylic acids is 1. The van der Waals surface area contributed by atoms with Gasteiger partial charge >= 0.3 is 5.97 Å². The number of hydrogen-bond donors (Lipinski definition) is 2. The van der Waals surface area contributed by atoms with Gasteiger partial charge in [0.15, 0.2) is 0 Å². The molecule has 2 N–H and O–H groups in total. The average molecular weight is 287 g/mol. The van der Waals surface area contributed by atoms with Crippen LogP contribution < -0.4 is 5.32 Å². The number of hydrogen-bond acceptors (Lipinski definition) is 3. The van der Waals surface area contributed by atoms with E-state index in [1.165, 1.54) is 4.68 Å². The zero-order valence-corrected chi connectivity index (χ0v) is 12.0. The van der Waals surface area contributed by atoms with Crippen LogP contribution in [0.1, 0.15) is 17.0 Å². The molecular weight excluding hydrogens is 270 g/mol. The van der Waals surface area contributed by atoms with Crippen molar-refractivity contribution >= 4 is 17.6 Å². The quantitative estimate of drug-likeness (QED) is 0.877. The number of nitrogens with one attached hydrogen (secondary N) is 1.